The van der Waals surface area contributed by atoms with E-state index in [0.29, 0.717) is 5.75 Å². The number of imidazole rings is 1. The van der Waals surface area contributed by atoms with Gasteiger partial charge in [-0.15, -0.1) is 11.8 Å². The highest BCUT2D eigenvalue weighted by Gasteiger charge is 2.08. The molecule has 0 unspecified atom stereocenters. The summed E-state index contributed by atoms with van der Waals surface area (Å²) in [4.78, 5) is 17.3. The Labute approximate surface area is 133 Å². The van der Waals surface area contributed by atoms with E-state index in [4.69, 9.17) is 0 Å². The van der Waals surface area contributed by atoms with Gasteiger partial charge in [-0.25, -0.2) is 4.98 Å². The van der Waals surface area contributed by atoms with Crippen LogP contribution in [0.5, 0.6) is 0 Å². The van der Waals surface area contributed by atoms with Crippen LogP contribution >= 0.6 is 11.8 Å². The van der Waals surface area contributed by atoms with Gasteiger partial charge in [0.05, 0.1) is 23.5 Å². The van der Waals surface area contributed by atoms with Crippen LogP contribution in [0, 0.1) is 0 Å². The fourth-order valence-corrected chi connectivity index (χ4v) is 2.78. The predicted octanol–water partition coefficient (Wildman–Crippen LogP) is 3.60. The Hall–Kier alpha value is -2.53. The molecule has 0 saturated carbocycles. The molecule has 1 heterocycles. The SMILES string of the molecule is O=C(CSc1ccccc1)Nc1ccccc1-n1ccnc1. The molecule has 0 aliphatic heterocycles. The summed E-state index contributed by atoms with van der Waals surface area (Å²) in [5, 5.41) is 2.96. The molecule has 0 fully saturated rings. The number of hydrogen-bond acceptors (Lipinski definition) is 3. The molecule has 3 rings (SSSR count). The van der Waals surface area contributed by atoms with E-state index in [1.807, 2.05) is 65.4 Å². The van der Waals surface area contributed by atoms with E-state index in [0.717, 1.165) is 16.3 Å². The number of anilines is 1. The normalized spacial score (nSPS) is 10.4. The van der Waals surface area contributed by atoms with Gasteiger partial charge in [0.15, 0.2) is 0 Å². The van der Waals surface area contributed by atoms with Gasteiger partial charge in [-0.3, -0.25) is 4.79 Å². The first kappa shape index (κ1) is 14.4. The molecule has 1 N–H and O–H groups in total. The van der Waals surface area contributed by atoms with E-state index in [1.54, 1.807) is 12.5 Å². The molecule has 3 aromatic rings. The molecular formula is C17H15N3OS. The molecule has 0 radical (unpaired) electrons. The van der Waals surface area contributed by atoms with Crippen LogP contribution in [-0.4, -0.2) is 21.2 Å². The molecule has 1 amide bonds. The van der Waals surface area contributed by atoms with Crippen molar-refractivity contribution in [2.24, 2.45) is 0 Å². The Kier molecular flexibility index (Phi) is 4.56. The zero-order valence-corrected chi connectivity index (χ0v) is 12.7. The number of carbonyl (C=O) groups excluding carboxylic acids is 1. The van der Waals surface area contributed by atoms with Gasteiger partial charge in [-0.1, -0.05) is 30.3 Å². The summed E-state index contributed by atoms with van der Waals surface area (Å²) in [7, 11) is 0. The minimum atomic E-state index is -0.0265. The smallest absolute Gasteiger partial charge is 0.234 e. The van der Waals surface area contributed by atoms with E-state index in [1.165, 1.54) is 11.8 Å². The van der Waals surface area contributed by atoms with Crippen LogP contribution in [0.25, 0.3) is 5.69 Å². The molecule has 0 bridgehead atoms. The first-order valence-corrected chi connectivity index (χ1v) is 7.86. The van der Waals surface area contributed by atoms with Gasteiger partial charge in [-0.05, 0) is 24.3 Å². The molecule has 2 aromatic carbocycles. The van der Waals surface area contributed by atoms with Crippen molar-refractivity contribution in [3.05, 3.63) is 73.3 Å². The Morgan fingerprint density at radius 1 is 1.09 bits per heavy atom. The number of hydrogen-bond donors (Lipinski definition) is 1. The lowest BCUT2D eigenvalue weighted by Crippen LogP contribution is -2.15. The fraction of sp³-hybridized carbons (Fsp3) is 0.0588. The lowest BCUT2D eigenvalue weighted by Gasteiger charge is -2.11. The second-order valence-electron chi connectivity index (χ2n) is 4.64. The van der Waals surface area contributed by atoms with E-state index in [2.05, 4.69) is 10.3 Å². The van der Waals surface area contributed by atoms with Crippen molar-refractivity contribution in [1.29, 1.82) is 0 Å². The van der Waals surface area contributed by atoms with Gasteiger partial charge in [0, 0.05) is 17.3 Å². The zero-order chi connectivity index (χ0) is 15.2. The molecule has 110 valence electrons. The van der Waals surface area contributed by atoms with Crippen LogP contribution in [0.1, 0.15) is 0 Å². The number of nitrogens with zero attached hydrogens (tertiary/aromatic N) is 2. The summed E-state index contributed by atoms with van der Waals surface area (Å²) in [6.45, 7) is 0. The molecule has 1 aromatic heterocycles. The first-order valence-electron chi connectivity index (χ1n) is 6.88. The molecule has 4 nitrogen and oxygen atoms in total. The average Bonchev–Trinajstić information content (AvgIpc) is 3.09. The van der Waals surface area contributed by atoms with Crippen molar-refractivity contribution in [3.8, 4) is 5.69 Å². The van der Waals surface area contributed by atoms with Gasteiger partial charge >= 0.3 is 0 Å². The van der Waals surface area contributed by atoms with Crippen LogP contribution in [0.2, 0.25) is 0 Å². The van der Waals surface area contributed by atoms with E-state index >= 15 is 0 Å². The third kappa shape index (κ3) is 3.56. The van der Waals surface area contributed by atoms with Gasteiger partial charge in [-0.2, -0.15) is 0 Å². The van der Waals surface area contributed by atoms with Crippen LogP contribution in [0.15, 0.2) is 78.2 Å². The number of carbonyl (C=O) groups is 1. The number of thioether (sulfide) groups is 1. The van der Waals surface area contributed by atoms with Gasteiger partial charge in [0.1, 0.15) is 0 Å². The summed E-state index contributed by atoms with van der Waals surface area (Å²) in [5.41, 5.74) is 1.68. The molecule has 0 spiro atoms. The maximum atomic E-state index is 12.2. The number of amides is 1. The largest absolute Gasteiger partial charge is 0.324 e. The summed E-state index contributed by atoms with van der Waals surface area (Å²) < 4.78 is 1.87. The molecule has 0 aliphatic rings. The Balaban J connectivity index is 1.67. The van der Waals surface area contributed by atoms with Gasteiger partial charge < -0.3 is 9.88 Å². The lowest BCUT2D eigenvalue weighted by atomic mass is 10.2. The van der Waals surface area contributed by atoms with Crippen molar-refractivity contribution in [2.45, 2.75) is 4.90 Å². The highest BCUT2D eigenvalue weighted by molar-refractivity contribution is 8.00. The maximum Gasteiger partial charge on any atom is 0.234 e. The highest BCUT2D eigenvalue weighted by atomic mass is 32.2. The van der Waals surface area contributed by atoms with Crippen molar-refractivity contribution in [1.82, 2.24) is 9.55 Å². The summed E-state index contributed by atoms with van der Waals surface area (Å²) >= 11 is 1.52. The number of nitrogens with one attached hydrogen (secondary N) is 1. The monoisotopic (exact) mass is 309 g/mol. The average molecular weight is 309 g/mol. The quantitative estimate of drug-likeness (QED) is 0.733. The molecular weight excluding hydrogens is 294 g/mol. The molecule has 0 aliphatic carbocycles. The van der Waals surface area contributed by atoms with Crippen molar-refractivity contribution in [2.75, 3.05) is 11.1 Å². The topological polar surface area (TPSA) is 46.9 Å². The van der Waals surface area contributed by atoms with Crippen LogP contribution < -0.4 is 5.32 Å². The Morgan fingerprint density at radius 3 is 2.64 bits per heavy atom. The maximum absolute atomic E-state index is 12.2. The molecule has 22 heavy (non-hydrogen) atoms. The third-order valence-corrected chi connectivity index (χ3v) is 4.09. The second kappa shape index (κ2) is 6.95. The number of para-hydroxylation sites is 2. The third-order valence-electron chi connectivity index (χ3n) is 3.07. The van der Waals surface area contributed by atoms with Crippen LogP contribution in [0.4, 0.5) is 5.69 Å². The van der Waals surface area contributed by atoms with Gasteiger partial charge in [0.2, 0.25) is 5.91 Å². The summed E-state index contributed by atoms with van der Waals surface area (Å²) in [6.07, 6.45) is 5.28. The second-order valence-corrected chi connectivity index (χ2v) is 5.69. The molecule has 0 atom stereocenters. The van der Waals surface area contributed by atoms with Crippen molar-refractivity contribution >= 4 is 23.4 Å². The van der Waals surface area contributed by atoms with Crippen LogP contribution in [0.3, 0.4) is 0 Å². The minimum Gasteiger partial charge on any atom is -0.324 e. The molecule has 5 heteroatoms. The van der Waals surface area contributed by atoms with Crippen LogP contribution in [-0.2, 0) is 4.79 Å². The first-order chi connectivity index (χ1) is 10.8. The highest BCUT2D eigenvalue weighted by Crippen LogP contribution is 2.21. The predicted molar refractivity (Wildman–Crippen MR) is 89.4 cm³/mol. The molecule has 0 saturated heterocycles. The van der Waals surface area contributed by atoms with E-state index in [9.17, 15) is 4.79 Å². The lowest BCUT2D eigenvalue weighted by molar-refractivity contribution is -0.113. The Bertz CT molecular complexity index is 742. The fourth-order valence-electron chi connectivity index (χ4n) is 2.06. The van der Waals surface area contributed by atoms with Crippen molar-refractivity contribution < 1.29 is 4.79 Å². The Morgan fingerprint density at radius 2 is 1.86 bits per heavy atom. The summed E-state index contributed by atoms with van der Waals surface area (Å²) in [5.74, 6) is 0.351. The number of rotatable bonds is 5. The minimum absolute atomic E-state index is 0.0265. The van der Waals surface area contributed by atoms with Crippen molar-refractivity contribution in [3.63, 3.8) is 0 Å². The summed E-state index contributed by atoms with van der Waals surface area (Å²) in [6, 6.07) is 17.6. The van der Waals surface area contributed by atoms with Gasteiger partial charge in [0.25, 0.3) is 0 Å². The van der Waals surface area contributed by atoms with E-state index in [-0.39, 0.29) is 5.91 Å². The van der Waals surface area contributed by atoms with E-state index < -0.39 is 0 Å². The zero-order valence-electron chi connectivity index (χ0n) is 11.8. The number of benzene rings is 2. The standard InChI is InChI=1S/C17H15N3OS/c21-17(12-22-14-6-2-1-3-7-14)19-15-8-4-5-9-16(15)20-11-10-18-13-20/h1-11,13H,12H2,(H,19,21). The number of aromatic nitrogens is 2.